The summed E-state index contributed by atoms with van der Waals surface area (Å²) in [6.07, 6.45) is 8.05. The number of primary amides is 1. The Kier molecular flexibility index (Phi) is 32.2. The zero-order valence-electron chi connectivity index (χ0n) is 59.5. The lowest BCUT2D eigenvalue weighted by atomic mass is 9.99. The van der Waals surface area contributed by atoms with E-state index in [2.05, 4.69) is 78.4 Å². The molecule has 0 radical (unpaired) electrons. The number of hydrogen-bond donors (Lipinski definition) is 15. The van der Waals surface area contributed by atoms with Gasteiger partial charge in [0.05, 0.1) is 6.61 Å². The summed E-state index contributed by atoms with van der Waals surface area (Å²) in [6, 6.07) is 12.8. The van der Waals surface area contributed by atoms with E-state index < -0.39 is 132 Å². The number of likely N-dealkylation sites (tertiary alicyclic amines) is 1. The molecule has 5 aromatic rings. The highest BCUT2D eigenvalue weighted by Gasteiger charge is 2.40. The number of pyridine rings is 2. The van der Waals surface area contributed by atoms with E-state index in [4.69, 9.17) is 28.8 Å². The summed E-state index contributed by atoms with van der Waals surface area (Å²) in [5.41, 5.74) is 18.9. The molecule has 3 aromatic carbocycles. The number of aromatic nitrogens is 2. The van der Waals surface area contributed by atoms with Gasteiger partial charge in [-0.25, -0.2) is 0 Å². The monoisotopic (exact) mass is 1470 g/mol. The van der Waals surface area contributed by atoms with Crippen molar-refractivity contribution < 1.29 is 57.8 Å². The summed E-state index contributed by atoms with van der Waals surface area (Å²) in [4.78, 5) is 174. The quantitative estimate of drug-likeness (QED) is 0.0136. The van der Waals surface area contributed by atoms with Crippen molar-refractivity contribution in [1.29, 1.82) is 0 Å². The van der Waals surface area contributed by atoms with E-state index in [0.717, 1.165) is 23.7 Å². The fourth-order valence-corrected chi connectivity index (χ4v) is 12.2. The number of fused-ring (bicyclic) bond motifs is 1. The van der Waals surface area contributed by atoms with E-state index in [1.54, 1.807) is 48.5 Å². The van der Waals surface area contributed by atoms with Crippen LogP contribution in [-0.4, -0.2) is 197 Å². The van der Waals surface area contributed by atoms with Gasteiger partial charge < -0.3 is 85.7 Å². The van der Waals surface area contributed by atoms with E-state index >= 15 is 0 Å². The second kappa shape index (κ2) is 41.5. The van der Waals surface area contributed by atoms with E-state index in [-0.39, 0.29) is 82.8 Å². The molecular formula is C73H98ClN19O12. The zero-order chi connectivity index (χ0) is 76.0. The average molecular weight is 1470 g/mol. The lowest BCUT2D eigenvalue weighted by molar-refractivity contribution is -0.142. The molecule has 0 unspecified atom stereocenters. The van der Waals surface area contributed by atoms with Gasteiger partial charge >= 0.3 is 0 Å². The molecule has 1 fully saturated rings. The number of nitrogens with zero attached hydrogens (tertiary/aromatic N) is 5. The molecule has 2 aliphatic rings. The minimum Gasteiger partial charge on any atom is -0.394 e. The highest BCUT2D eigenvalue weighted by atomic mass is 35.5. The van der Waals surface area contributed by atoms with Crippen LogP contribution in [0.2, 0.25) is 5.02 Å². The van der Waals surface area contributed by atoms with Crippen LogP contribution in [0.25, 0.3) is 10.8 Å². The van der Waals surface area contributed by atoms with Crippen molar-refractivity contribution in [2.45, 2.75) is 172 Å². The third kappa shape index (κ3) is 26.7. The molecule has 10 atom stereocenters. The Labute approximate surface area is 614 Å². The fraction of sp³-hybridized carbons (Fsp3) is 0.466. The van der Waals surface area contributed by atoms with Gasteiger partial charge in [-0.2, -0.15) is 0 Å². The summed E-state index contributed by atoms with van der Waals surface area (Å²) in [6.45, 7) is 7.36. The Bertz CT molecular complexity index is 3850. The summed E-state index contributed by atoms with van der Waals surface area (Å²) in [5.74, 6) is -8.42. The molecule has 0 saturated carbocycles. The zero-order valence-corrected chi connectivity index (χ0v) is 60.3. The Morgan fingerprint density at radius 3 is 1.67 bits per heavy atom. The summed E-state index contributed by atoms with van der Waals surface area (Å²) in [5, 5.41) is 44.0. The number of aliphatic hydroxyl groups excluding tert-OH is 1. The van der Waals surface area contributed by atoms with Gasteiger partial charge in [0.2, 0.25) is 65.0 Å². The van der Waals surface area contributed by atoms with Crippen LogP contribution in [0.3, 0.4) is 0 Å². The molecule has 2 aliphatic heterocycles. The first kappa shape index (κ1) is 81.5. The predicted molar refractivity (Wildman–Crippen MR) is 395 cm³/mol. The van der Waals surface area contributed by atoms with Gasteiger partial charge in [0.15, 0.2) is 11.9 Å². The van der Waals surface area contributed by atoms with Crippen molar-refractivity contribution in [3.63, 3.8) is 0 Å². The number of nitrogens with one attached hydrogen (secondary N) is 11. The number of guanidine groups is 2. The van der Waals surface area contributed by atoms with Crippen LogP contribution in [0.1, 0.15) is 108 Å². The standard InChI is InChI=1S/C73H98ClN19O12/c1-43(2)34-55(64(98)87-54(18-7-8-29-81-73-82-31-13-32-83-73)71(105)93-33-12-20-61(93)70(104)84-44(3)62(75)96)88-67(101)58(38-48-14-9-27-78-40-48)89-63(97)53(19-11-30-80-72(76)77)86-69(103)60(42-94)92-68(102)59(39-49-15-10-28-79-41-49)91-66(100)57(36-46-22-25-52(74)26-23-46)90-65(99)56(85-45(4)95)37-47-21-24-50-16-5-6-17-51(50)35-47/h5-6,9-10,14-17,21-28,35,40-41,43-44,53-61,94H,7-8,11-13,18-20,29-34,36-39,42H2,1-4H3,(H2,75,96)(H,84,104)(H,85,95)(H,86,103)(H,87,98)(H,88,101)(H,89,97)(H,90,99)(H,91,100)(H,92,102)(H4,76,77,80)(H2,81,82,83)/t44-,53+,54+,55+,56-,57-,58-,59-,60+,61+/m1/s1. The van der Waals surface area contributed by atoms with Crippen molar-refractivity contribution in [1.82, 2.24) is 73.4 Å². The number of aliphatic hydroxyl groups is 1. The fourth-order valence-electron chi connectivity index (χ4n) is 12.1. The normalized spacial score (nSPS) is 15.9. The minimum absolute atomic E-state index is 0.0327. The summed E-state index contributed by atoms with van der Waals surface area (Å²) < 4.78 is 0. The van der Waals surface area contributed by atoms with Crippen molar-refractivity contribution >= 4 is 99.3 Å². The van der Waals surface area contributed by atoms with Crippen LogP contribution in [0.15, 0.2) is 126 Å². The smallest absolute Gasteiger partial charge is 0.245 e. The van der Waals surface area contributed by atoms with Crippen molar-refractivity contribution in [2.75, 3.05) is 39.3 Å². The van der Waals surface area contributed by atoms with E-state index in [9.17, 15) is 57.8 Å². The molecule has 11 amide bonds. The van der Waals surface area contributed by atoms with E-state index in [1.807, 2.05) is 56.3 Å². The Balaban J connectivity index is 1.11. The maximum absolute atomic E-state index is 14.9. The van der Waals surface area contributed by atoms with Crippen molar-refractivity contribution in [3.05, 3.63) is 143 Å². The number of amides is 11. The molecule has 0 spiro atoms. The van der Waals surface area contributed by atoms with Gasteiger partial charge in [-0.05, 0) is 128 Å². The molecule has 18 N–H and O–H groups in total. The van der Waals surface area contributed by atoms with Gasteiger partial charge in [-0.3, -0.25) is 72.7 Å². The number of nitrogens with two attached hydrogens (primary N) is 3. The molecule has 105 heavy (non-hydrogen) atoms. The number of unbranched alkanes of at least 4 members (excludes halogenated alkanes) is 1. The van der Waals surface area contributed by atoms with Gasteiger partial charge in [0.25, 0.3) is 0 Å². The molecule has 564 valence electrons. The number of halogens is 1. The topological polar surface area (TPSA) is 472 Å². The first-order valence-corrected chi connectivity index (χ1v) is 35.7. The summed E-state index contributed by atoms with van der Waals surface area (Å²) in [7, 11) is 0. The third-order valence-corrected chi connectivity index (χ3v) is 17.9. The predicted octanol–water partition coefficient (Wildman–Crippen LogP) is -0.366. The molecule has 0 aliphatic carbocycles. The molecule has 4 heterocycles. The second-order valence-electron chi connectivity index (χ2n) is 26.5. The number of carbonyl (C=O) groups excluding carboxylic acids is 11. The first-order chi connectivity index (χ1) is 50.3. The number of rotatable bonds is 39. The van der Waals surface area contributed by atoms with Crippen LogP contribution < -0.4 is 75.7 Å². The van der Waals surface area contributed by atoms with Crippen molar-refractivity contribution in [2.24, 2.45) is 33.1 Å². The van der Waals surface area contributed by atoms with E-state index in [1.165, 1.54) is 43.5 Å². The molecule has 32 heteroatoms. The number of carbonyl (C=O) groups is 11. The minimum atomic E-state index is -1.80. The van der Waals surface area contributed by atoms with Crippen LogP contribution in [0.5, 0.6) is 0 Å². The SMILES string of the molecule is CC(=O)N[C@H](Cc1ccc2ccccc2c1)C(=O)N[C@H](Cc1ccc(Cl)cc1)C(=O)N[C@H](Cc1cccnc1)C(=O)N[C@@H](CO)C(=O)N[C@@H](CCCN=C(N)N)C(=O)N[C@H](Cc1cccnc1)C(=O)N[C@@H](CC(C)C)C(=O)N[C@@H](CCCCNC1=NCCCN1)C(=O)N1CCC[C@H]1C(=O)N[C@H](C)C(N)=O. The van der Waals surface area contributed by atoms with E-state index in [0.29, 0.717) is 65.6 Å². The van der Waals surface area contributed by atoms with Crippen molar-refractivity contribution in [3.8, 4) is 0 Å². The maximum atomic E-state index is 14.9. The van der Waals surface area contributed by atoms with Crippen LogP contribution in [0, 0.1) is 5.92 Å². The lowest BCUT2D eigenvalue weighted by Gasteiger charge is -2.31. The molecule has 2 aromatic heterocycles. The average Bonchev–Trinajstić information content (AvgIpc) is 1.72. The number of aliphatic imine (C=N–C) groups is 2. The largest absolute Gasteiger partial charge is 0.394 e. The third-order valence-electron chi connectivity index (χ3n) is 17.6. The molecule has 1 saturated heterocycles. The van der Waals surface area contributed by atoms with Gasteiger partial charge in [0.1, 0.15) is 60.4 Å². The Hall–Kier alpha value is -10.8. The van der Waals surface area contributed by atoms with Gasteiger partial charge in [-0.15, -0.1) is 0 Å². The molecular weight excluding hydrogens is 1370 g/mol. The summed E-state index contributed by atoms with van der Waals surface area (Å²) >= 11 is 6.24. The Morgan fingerprint density at radius 2 is 1.10 bits per heavy atom. The van der Waals surface area contributed by atoms with Crippen LogP contribution >= 0.6 is 11.6 Å². The highest BCUT2D eigenvalue weighted by molar-refractivity contribution is 6.30. The molecule has 7 rings (SSSR count). The lowest BCUT2D eigenvalue weighted by Crippen LogP contribution is -2.61. The molecule has 0 bridgehead atoms. The van der Waals surface area contributed by atoms with Gasteiger partial charge in [-0.1, -0.05) is 92.2 Å². The highest BCUT2D eigenvalue weighted by Crippen LogP contribution is 2.22. The number of benzene rings is 3. The van der Waals surface area contributed by atoms with Gasteiger partial charge in [0, 0.05) is 95.1 Å². The van der Waals surface area contributed by atoms with Crippen LogP contribution in [-0.2, 0) is 78.4 Å². The molecule has 31 nitrogen and oxygen atoms in total. The Morgan fingerprint density at radius 1 is 0.581 bits per heavy atom. The second-order valence-corrected chi connectivity index (χ2v) is 27.0. The van der Waals surface area contributed by atoms with Crippen LogP contribution in [0.4, 0.5) is 0 Å². The number of hydrogen-bond acceptors (Lipinski definition) is 18. The first-order valence-electron chi connectivity index (χ1n) is 35.3. The maximum Gasteiger partial charge on any atom is 0.245 e.